The highest BCUT2D eigenvalue weighted by Gasteiger charge is 2.24. The monoisotopic (exact) mass is 584 g/mol. The predicted octanol–water partition coefficient (Wildman–Crippen LogP) is 7.04. The SMILES string of the molecule is CC(=O)CCc1oc2cc(OCCc3ccccc3)ccc2c1C(=O)c1cc(Br)c(O)c(Br)c1. The number of carbonyl (C=O) groups is 2. The topological polar surface area (TPSA) is 76.7 Å². The molecule has 1 N–H and O–H groups in total. The molecule has 0 bridgehead atoms. The molecule has 0 aliphatic carbocycles. The number of rotatable bonds is 9. The Morgan fingerprint density at radius 3 is 2.35 bits per heavy atom. The highest BCUT2D eigenvalue weighted by atomic mass is 79.9. The van der Waals surface area contributed by atoms with E-state index in [1.807, 2.05) is 30.3 Å². The van der Waals surface area contributed by atoms with Crippen molar-refractivity contribution in [1.29, 1.82) is 0 Å². The molecule has 0 atom stereocenters. The summed E-state index contributed by atoms with van der Waals surface area (Å²) >= 11 is 6.56. The number of halogens is 2. The number of ether oxygens (including phenoxy) is 1. The van der Waals surface area contributed by atoms with E-state index in [1.54, 1.807) is 18.2 Å². The van der Waals surface area contributed by atoms with Gasteiger partial charge in [-0.25, -0.2) is 0 Å². The van der Waals surface area contributed by atoms with Crippen molar-refractivity contribution in [3.63, 3.8) is 0 Å². The van der Waals surface area contributed by atoms with Gasteiger partial charge in [0, 0.05) is 36.3 Å². The number of furan rings is 1. The number of ketones is 2. The summed E-state index contributed by atoms with van der Waals surface area (Å²) in [6.07, 6.45) is 1.36. The maximum atomic E-state index is 13.5. The number of phenolic OH excluding ortho intramolecular Hbond substituents is 1. The molecule has 3 aromatic carbocycles. The summed E-state index contributed by atoms with van der Waals surface area (Å²) in [6, 6.07) is 18.6. The van der Waals surface area contributed by atoms with Crippen LogP contribution in [0.5, 0.6) is 11.5 Å². The molecule has 0 spiro atoms. The Kier molecular flexibility index (Phi) is 7.54. The van der Waals surface area contributed by atoms with Crippen molar-refractivity contribution >= 4 is 54.4 Å². The Morgan fingerprint density at radius 2 is 1.68 bits per heavy atom. The van der Waals surface area contributed by atoms with Gasteiger partial charge in [0.05, 0.1) is 21.1 Å². The first-order valence-corrected chi connectivity index (χ1v) is 12.4. The van der Waals surface area contributed by atoms with Crippen molar-refractivity contribution in [2.45, 2.75) is 26.2 Å². The lowest BCUT2D eigenvalue weighted by Crippen LogP contribution is -2.05. The summed E-state index contributed by atoms with van der Waals surface area (Å²) in [6.45, 7) is 2.02. The Labute approximate surface area is 214 Å². The summed E-state index contributed by atoms with van der Waals surface area (Å²) in [7, 11) is 0. The molecule has 0 aliphatic heterocycles. The number of aromatic hydroxyl groups is 1. The Morgan fingerprint density at radius 1 is 0.971 bits per heavy atom. The van der Waals surface area contributed by atoms with Gasteiger partial charge in [-0.15, -0.1) is 0 Å². The quantitative estimate of drug-likeness (QED) is 0.213. The molecule has 0 unspecified atom stereocenters. The van der Waals surface area contributed by atoms with E-state index in [9.17, 15) is 14.7 Å². The number of hydrogen-bond acceptors (Lipinski definition) is 5. The summed E-state index contributed by atoms with van der Waals surface area (Å²) in [5, 5.41) is 10.7. The van der Waals surface area contributed by atoms with Crippen molar-refractivity contribution in [2.75, 3.05) is 6.61 Å². The molecule has 7 heteroatoms. The fourth-order valence-electron chi connectivity index (χ4n) is 3.70. The number of aryl methyl sites for hydroxylation is 1. The highest BCUT2D eigenvalue weighted by molar-refractivity contribution is 9.11. The van der Waals surface area contributed by atoms with Gasteiger partial charge in [0.2, 0.25) is 0 Å². The van der Waals surface area contributed by atoms with Gasteiger partial charge >= 0.3 is 0 Å². The van der Waals surface area contributed by atoms with Gasteiger partial charge < -0.3 is 19.1 Å². The lowest BCUT2D eigenvalue weighted by molar-refractivity contribution is -0.117. The molecule has 0 aliphatic rings. The second-order valence-electron chi connectivity index (χ2n) is 7.96. The molecule has 0 fully saturated rings. The van der Waals surface area contributed by atoms with Crippen LogP contribution in [0.3, 0.4) is 0 Å². The van der Waals surface area contributed by atoms with E-state index in [-0.39, 0.29) is 23.7 Å². The number of Topliss-reactive ketones (excluding diaryl/α,β-unsaturated/α-hetero) is 1. The Balaban J connectivity index is 1.66. The molecule has 34 heavy (non-hydrogen) atoms. The van der Waals surface area contributed by atoms with E-state index in [2.05, 4.69) is 44.0 Å². The van der Waals surface area contributed by atoms with E-state index >= 15 is 0 Å². The van der Waals surface area contributed by atoms with Crippen LogP contribution in [0.2, 0.25) is 0 Å². The van der Waals surface area contributed by atoms with Gasteiger partial charge in [-0.3, -0.25) is 4.79 Å². The van der Waals surface area contributed by atoms with Gasteiger partial charge in [-0.2, -0.15) is 0 Å². The van der Waals surface area contributed by atoms with Gasteiger partial charge in [-0.1, -0.05) is 30.3 Å². The maximum Gasteiger partial charge on any atom is 0.197 e. The highest BCUT2D eigenvalue weighted by Crippen LogP contribution is 2.36. The van der Waals surface area contributed by atoms with E-state index in [1.165, 1.54) is 12.5 Å². The van der Waals surface area contributed by atoms with Gasteiger partial charge in [0.15, 0.2) is 5.78 Å². The molecule has 0 amide bonds. The normalized spacial score (nSPS) is 11.0. The van der Waals surface area contributed by atoms with Crippen LogP contribution in [0, 0.1) is 0 Å². The minimum absolute atomic E-state index is 0.0129. The smallest absolute Gasteiger partial charge is 0.197 e. The Bertz CT molecular complexity index is 1340. The summed E-state index contributed by atoms with van der Waals surface area (Å²) in [5.41, 5.74) is 2.51. The van der Waals surface area contributed by atoms with Crippen LogP contribution in [0.1, 0.15) is 40.6 Å². The van der Waals surface area contributed by atoms with Crippen LogP contribution >= 0.6 is 31.9 Å². The average Bonchev–Trinajstić information content (AvgIpc) is 3.18. The van der Waals surface area contributed by atoms with Crippen LogP contribution < -0.4 is 4.74 Å². The minimum Gasteiger partial charge on any atom is -0.506 e. The van der Waals surface area contributed by atoms with E-state index < -0.39 is 0 Å². The average molecular weight is 586 g/mol. The molecule has 0 radical (unpaired) electrons. The number of benzene rings is 3. The molecule has 0 saturated carbocycles. The fourth-order valence-corrected chi connectivity index (χ4v) is 4.89. The summed E-state index contributed by atoms with van der Waals surface area (Å²) in [4.78, 5) is 25.1. The summed E-state index contributed by atoms with van der Waals surface area (Å²) in [5.74, 6) is 0.874. The predicted molar refractivity (Wildman–Crippen MR) is 138 cm³/mol. The van der Waals surface area contributed by atoms with E-state index in [4.69, 9.17) is 9.15 Å². The van der Waals surface area contributed by atoms with Crippen LogP contribution in [0.25, 0.3) is 11.0 Å². The molecule has 1 heterocycles. The maximum absolute atomic E-state index is 13.5. The molecule has 5 nitrogen and oxygen atoms in total. The van der Waals surface area contributed by atoms with Crippen molar-refractivity contribution in [2.24, 2.45) is 0 Å². The first-order valence-electron chi connectivity index (χ1n) is 10.8. The standard InChI is InChI=1S/C27H22Br2O5/c1-16(30)7-10-23-25(26(31)18-13-21(28)27(32)22(29)14-18)20-9-8-19(15-24(20)34-23)33-12-11-17-5-3-2-4-6-17/h2-6,8-9,13-15,32H,7,10-12H2,1H3. The number of hydrogen-bond donors (Lipinski definition) is 1. The molecular formula is C27H22Br2O5. The van der Waals surface area contributed by atoms with Crippen molar-refractivity contribution in [1.82, 2.24) is 0 Å². The Hall–Kier alpha value is -2.90. The zero-order chi connectivity index (χ0) is 24.2. The molecule has 4 rings (SSSR count). The van der Waals surface area contributed by atoms with Crippen molar-refractivity contribution in [3.05, 3.63) is 92.1 Å². The van der Waals surface area contributed by atoms with Gasteiger partial charge in [0.25, 0.3) is 0 Å². The third kappa shape index (κ3) is 5.42. The lowest BCUT2D eigenvalue weighted by Gasteiger charge is -2.07. The molecular weight excluding hydrogens is 564 g/mol. The van der Waals surface area contributed by atoms with Crippen molar-refractivity contribution < 1.29 is 23.8 Å². The zero-order valence-electron chi connectivity index (χ0n) is 18.4. The lowest BCUT2D eigenvalue weighted by atomic mass is 9.98. The first kappa shape index (κ1) is 24.2. The number of carbonyl (C=O) groups excluding carboxylic acids is 2. The van der Waals surface area contributed by atoms with Gasteiger partial charge in [-0.05, 0) is 68.6 Å². The fraction of sp³-hybridized carbons (Fsp3) is 0.185. The van der Waals surface area contributed by atoms with Crippen LogP contribution in [-0.2, 0) is 17.6 Å². The third-order valence-corrected chi connectivity index (χ3v) is 6.66. The van der Waals surface area contributed by atoms with Crippen molar-refractivity contribution in [3.8, 4) is 11.5 Å². The molecule has 0 saturated heterocycles. The second kappa shape index (κ2) is 10.6. The van der Waals surface area contributed by atoms with E-state index in [0.29, 0.717) is 55.6 Å². The van der Waals surface area contributed by atoms with E-state index in [0.717, 1.165) is 6.42 Å². The number of phenols is 1. The largest absolute Gasteiger partial charge is 0.506 e. The first-order chi connectivity index (χ1) is 16.3. The zero-order valence-corrected chi connectivity index (χ0v) is 21.6. The molecule has 174 valence electrons. The number of fused-ring (bicyclic) bond motifs is 1. The minimum atomic E-state index is -0.253. The molecule has 4 aromatic rings. The van der Waals surface area contributed by atoms with Crippen LogP contribution in [0.4, 0.5) is 0 Å². The van der Waals surface area contributed by atoms with Gasteiger partial charge in [0.1, 0.15) is 28.6 Å². The second-order valence-corrected chi connectivity index (χ2v) is 9.67. The van der Waals surface area contributed by atoms with Crippen LogP contribution in [-0.4, -0.2) is 23.3 Å². The van der Waals surface area contributed by atoms with Crippen LogP contribution in [0.15, 0.2) is 74.0 Å². The molecule has 1 aromatic heterocycles. The summed E-state index contributed by atoms with van der Waals surface area (Å²) < 4.78 is 12.8. The third-order valence-electron chi connectivity index (χ3n) is 5.45.